The van der Waals surface area contributed by atoms with Gasteiger partial charge in [-0.2, -0.15) is 18.2 Å². The molecular weight excluding hydrogens is 335 g/mol. The molecule has 1 unspecified atom stereocenters. The van der Waals surface area contributed by atoms with Crippen molar-refractivity contribution >= 4 is 0 Å². The summed E-state index contributed by atoms with van der Waals surface area (Å²) < 4.78 is 46.6. The highest BCUT2D eigenvalue weighted by atomic mass is 19.4. The topological polar surface area (TPSA) is 60.2 Å². The third-order valence-electron chi connectivity index (χ3n) is 3.40. The van der Waals surface area contributed by atoms with Crippen molar-refractivity contribution in [3.8, 4) is 5.75 Å². The molecule has 1 aromatic heterocycles. The number of rotatable bonds is 6. The van der Waals surface area contributed by atoms with Crippen LogP contribution in [0.15, 0.2) is 28.8 Å². The van der Waals surface area contributed by atoms with Gasteiger partial charge in [0.05, 0.1) is 6.04 Å². The van der Waals surface area contributed by atoms with Crippen LogP contribution in [0.4, 0.5) is 13.2 Å². The Bertz CT molecular complexity index is 693. The Morgan fingerprint density at radius 2 is 1.96 bits per heavy atom. The molecule has 5 nitrogen and oxygen atoms in total. The summed E-state index contributed by atoms with van der Waals surface area (Å²) in [7, 11) is 0. The van der Waals surface area contributed by atoms with E-state index in [1.807, 2.05) is 27.7 Å². The highest BCUT2D eigenvalue weighted by Crippen LogP contribution is 2.22. The molecule has 1 atom stereocenters. The van der Waals surface area contributed by atoms with E-state index in [1.54, 1.807) is 18.2 Å². The summed E-state index contributed by atoms with van der Waals surface area (Å²) in [5.41, 5.74) is 0.591. The first-order valence-corrected chi connectivity index (χ1v) is 7.90. The third-order valence-corrected chi connectivity index (χ3v) is 3.40. The molecule has 1 heterocycles. The minimum atomic E-state index is -4.36. The number of hydrogen-bond donors (Lipinski definition) is 1. The van der Waals surface area contributed by atoms with Crippen molar-refractivity contribution in [3.63, 3.8) is 0 Å². The largest absolute Gasteiger partial charge is 0.484 e. The predicted octanol–water partition coefficient (Wildman–Crippen LogP) is 4.16. The van der Waals surface area contributed by atoms with Crippen molar-refractivity contribution in [1.82, 2.24) is 15.5 Å². The van der Waals surface area contributed by atoms with Crippen LogP contribution in [0.2, 0.25) is 0 Å². The van der Waals surface area contributed by atoms with Crippen LogP contribution in [-0.4, -0.2) is 22.9 Å². The zero-order valence-corrected chi connectivity index (χ0v) is 14.6. The van der Waals surface area contributed by atoms with Crippen LogP contribution in [0.5, 0.6) is 5.75 Å². The van der Waals surface area contributed by atoms with Crippen LogP contribution in [0.25, 0.3) is 0 Å². The summed E-state index contributed by atoms with van der Waals surface area (Å²) in [6, 6.07) is 6.32. The lowest BCUT2D eigenvalue weighted by atomic mass is 9.96. The molecule has 2 rings (SSSR count). The monoisotopic (exact) mass is 357 g/mol. The lowest BCUT2D eigenvalue weighted by Crippen LogP contribution is -2.20. The molecule has 0 bridgehead atoms. The van der Waals surface area contributed by atoms with E-state index in [-0.39, 0.29) is 17.2 Å². The van der Waals surface area contributed by atoms with Crippen LogP contribution in [0.1, 0.15) is 51.0 Å². The van der Waals surface area contributed by atoms with E-state index in [4.69, 9.17) is 9.26 Å². The van der Waals surface area contributed by atoms with Gasteiger partial charge in [0, 0.05) is 12.0 Å². The lowest BCUT2D eigenvalue weighted by molar-refractivity contribution is -0.153. The zero-order chi connectivity index (χ0) is 18.7. The van der Waals surface area contributed by atoms with Crippen LogP contribution in [-0.2, 0) is 12.0 Å². The maximum atomic E-state index is 12.2. The number of nitrogens with one attached hydrogen (secondary N) is 1. The van der Waals surface area contributed by atoms with Gasteiger partial charge in [0.25, 0.3) is 0 Å². The fourth-order valence-electron chi connectivity index (χ4n) is 1.98. The van der Waals surface area contributed by atoms with Gasteiger partial charge < -0.3 is 14.6 Å². The van der Waals surface area contributed by atoms with E-state index in [1.165, 1.54) is 6.07 Å². The SMILES string of the molecule is CC(NCc1cccc(OCC(F)(F)F)c1)c1nc(C(C)(C)C)no1. The standard InChI is InChI=1S/C17H22F3N3O2/c1-11(14-22-15(23-25-14)16(2,3)4)21-9-12-6-5-7-13(8-12)24-10-17(18,19)20/h5-8,11,21H,9-10H2,1-4H3. The molecule has 8 heteroatoms. The number of aromatic nitrogens is 2. The molecule has 0 aliphatic rings. The Labute approximate surface area is 144 Å². The maximum Gasteiger partial charge on any atom is 0.422 e. The van der Waals surface area contributed by atoms with Gasteiger partial charge in [-0.1, -0.05) is 38.1 Å². The van der Waals surface area contributed by atoms with Crippen molar-refractivity contribution in [2.45, 2.75) is 51.9 Å². The van der Waals surface area contributed by atoms with Crippen molar-refractivity contribution in [3.05, 3.63) is 41.5 Å². The second-order valence-electron chi connectivity index (χ2n) is 6.86. The van der Waals surface area contributed by atoms with E-state index in [0.717, 1.165) is 5.56 Å². The van der Waals surface area contributed by atoms with Crippen LogP contribution >= 0.6 is 0 Å². The van der Waals surface area contributed by atoms with Gasteiger partial charge in [-0.05, 0) is 24.6 Å². The number of halogens is 3. The van der Waals surface area contributed by atoms with Gasteiger partial charge in [-0.15, -0.1) is 0 Å². The van der Waals surface area contributed by atoms with Crippen molar-refractivity contribution in [2.75, 3.05) is 6.61 Å². The Hall–Kier alpha value is -2.09. The quantitative estimate of drug-likeness (QED) is 0.841. The molecule has 25 heavy (non-hydrogen) atoms. The predicted molar refractivity (Wildman–Crippen MR) is 86.2 cm³/mol. The normalized spacial score (nSPS) is 13.7. The molecule has 2 aromatic rings. The summed E-state index contributed by atoms with van der Waals surface area (Å²) in [5, 5.41) is 7.18. The van der Waals surface area contributed by atoms with Gasteiger partial charge >= 0.3 is 6.18 Å². The van der Waals surface area contributed by atoms with Gasteiger partial charge in [-0.3, -0.25) is 0 Å². The second-order valence-corrected chi connectivity index (χ2v) is 6.86. The molecule has 0 spiro atoms. The lowest BCUT2D eigenvalue weighted by Gasteiger charge is -2.13. The summed E-state index contributed by atoms with van der Waals surface area (Å²) in [5.74, 6) is 1.27. The molecule has 0 aliphatic heterocycles. The van der Waals surface area contributed by atoms with Crippen LogP contribution in [0, 0.1) is 0 Å². The number of alkyl halides is 3. The first-order chi connectivity index (χ1) is 11.5. The van der Waals surface area contributed by atoms with Gasteiger partial charge in [0.15, 0.2) is 12.4 Å². The summed E-state index contributed by atoms with van der Waals surface area (Å²) in [6.07, 6.45) is -4.36. The molecule has 0 fully saturated rings. The molecule has 0 aliphatic carbocycles. The van der Waals surface area contributed by atoms with Crippen molar-refractivity contribution in [2.24, 2.45) is 0 Å². The highest BCUT2D eigenvalue weighted by Gasteiger charge is 2.28. The van der Waals surface area contributed by atoms with E-state index < -0.39 is 12.8 Å². The minimum absolute atomic E-state index is 0.178. The first kappa shape index (κ1) is 19.2. The summed E-state index contributed by atoms with van der Waals surface area (Å²) >= 11 is 0. The fraction of sp³-hybridized carbons (Fsp3) is 0.529. The number of nitrogens with zero attached hydrogens (tertiary/aromatic N) is 2. The second kappa shape index (κ2) is 7.43. The van der Waals surface area contributed by atoms with E-state index in [9.17, 15) is 13.2 Å². The summed E-state index contributed by atoms with van der Waals surface area (Å²) in [4.78, 5) is 4.38. The van der Waals surface area contributed by atoms with Crippen LogP contribution in [0.3, 0.4) is 0 Å². The molecular formula is C17H22F3N3O2. The minimum Gasteiger partial charge on any atom is -0.484 e. The number of benzene rings is 1. The Morgan fingerprint density at radius 3 is 2.56 bits per heavy atom. The molecule has 1 N–H and O–H groups in total. The molecule has 0 saturated heterocycles. The van der Waals surface area contributed by atoms with E-state index in [0.29, 0.717) is 18.3 Å². The molecule has 0 amide bonds. The van der Waals surface area contributed by atoms with Gasteiger partial charge in [-0.25, -0.2) is 0 Å². The Kier molecular flexibility index (Phi) is 5.72. The average molecular weight is 357 g/mol. The van der Waals surface area contributed by atoms with Crippen LogP contribution < -0.4 is 10.1 Å². The molecule has 0 saturated carbocycles. The zero-order valence-electron chi connectivity index (χ0n) is 14.6. The van der Waals surface area contributed by atoms with E-state index in [2.05, 4.69) is 15.5 Å². The van der Waals surface area contributed by atoms with Gasteiger partial charge in [0.1, 0.15) is 5.75 Å². The molecule has 1 aromatic carbocycles. The Morgan fingerprint density at radius 1 is 1.24 bits per heavy atom. The molecule has 0 radical (unpaired) electrons. The van der Waals surface area contributed by atoms with Crippen molar-refractivity contribution in [1.29, 1.82) is 0 Å². The number of hydrogen-bond acceptors (Lipinski definition) is 5. The third kappa shape index (κ3) is 6.04. The first-order valence-electron chi connectivity index (χ1n) is 7.90. The Balaban J connectivity index is 1.93. The van der Waals surface area contributed by atoms with Crippen molar-refractivity contribution < 1.29 is 22.4 Å². The maximum absolute atomic E-state index is 12.2. The highest BCUT2D eigenvalue weighted by molar-refractivity contribution is 5.28. The average Bonchev–Trinajstić information content (AvgIpc) is 3.01. The fourth-order valence-corrected chi connectivity index (χ4v) is 1.98. The molecule has 138 valence electrons. The van der Waals surface area contributed by atoms with Gasteiger partial charge in [0.2, 0.25) is 5.89 Å². The summed E-state index contributed by atoms with van der Waals surface area (Å²) in [6.45, 7) is 6.98. The van der Waals surface area contributed by atoms with E-state index >= 15 is 0 Å². The number of ether oxygens (including phenoxy) is 1. The smallest absolute Gasteiger partial charge is 0.422 e.